The molecular weight excluding hydrogens is 460 g/mol. The minimum atomic E-state index is -0.829. The molecule has 0 amide bonds. The Kier molecular flexibility index (Phi) is 9.60. The van der Waals surface area contributed by atoms with Gasteiger partial charge in [0.05, 0.1) is 18.6 Å². The van der Waals surface area contributed by atoms with Gasteiger partial charge in [0.1, 0.15) is 5.75 Å². The van der Waals surface area contributed by atoms with Crippen LogP contribution < -0.4 is 16.2 Å². The normalized spacial score (nSPS) is 15.7. The highest BCUT2D eigenvalue weighted by atomic mass is 16.5. The van der Waals surface area contributed by atoms with Crippen LogP contribution in [0.5, 0.6) is 5.75 Å². The van der Waals surface area contributed by atoms with Gasteiger partial charge in [0.25, 0.3) is 0 Å². The number of hydrogen-bond acceptors (Lipinski definition) is 5. The molecule has 5 heteroatoms. The second kappa shape index (κ2) is 12.3. The van der Waals surface area contributed by atoms with Gasteiger partial charge in [0, 0.05) is 16.6 Å². The smallest absolute Gasteiger partial charge is 0.313 e. The van der Waals surface area contributed by atoms with E-state index in [1.54, 1.807) is 0 Å². The number of esters is 1. The molecule has 0 radical (unpaired) electrons. The molecule has 5 nitrogen and oxygen atoms in total. The summed E-state index contributed by atoms with van der Waals surface area (Å²) >= 11 is 0. The highest BCUT2D eigenvalue weighted by molar-refractivity contribution is 5.84. The molecule has 1 aliphatic carbocycles. The van der Waals surface area contributed by atoms with Crippen LogP contribution in [0.3, 0.4) is 0 Å². The predicted octanol–water partition coefficient (Wildman–Crippen LogP) is 6.53. The molecule has 0 bridgehead atoms. The average Bonchev–Trinajstić information content (AvgIpc) is 3.05. The fourth-order valence-corrected chi connectivity index (χ4v) is 5.00. The molecule has 0 saturated heterocycles. The molecule has 3 rings (SSSR count). The van der Waals surface area contributed by atoms with Gasteiger partial charge < -0.3 is 20.9 Å². The first-order valence-electron chi connectivity index (χ1n) is 13.7. The standard InChI is InChI=1S/C32H46N2O3/c1-30(2,33)23-32(5,34)31(3,4)29(35)37-21-11-7-10-20-36-28-19-13-17-25-16-12-18-26(22-27(25)28)24-14-8-6-9-15-24/h6,8-9,13-15,17,19,22H,7,10-12,16,18,20-21,23,33-34H2,1-5H3. The van der Waals surface area contributed by atoms with Gasteiger partial charge in [-0.15, -0.1) is 0 Å². The summed E-state index contributed by atoms with van der Waals surface area (Å²) < 4.78 is 11.8. The molecule has 37 heavy (non-hydrogen) atoms. The van der Waals surface area contributed by atoms with Crippen molar-refractivity contribution < 1.29 is 14.3 Å². The molecule has 0 heterocycles. The number of ether oxygens (including phenoxy) is 2. The van der Waals surface area contributed by atoms with Crippen LogP contribution in [0.15, 0.2) is 48.5 Å². The second-order valence-corrected chi connectivity index (χ2v) is 12.0. The first kappa shape index (κ1) is 28.9. The lowest BCUT2D eigenvalue weighted by atomic mass is 9.68. The molecule has 4 N–H and O–H groups in total. The lowest BCUT2D eigenvalue weighted by Gasteiger charge is -2.42. The summed E-state index contributed by atoms with van der Waals surface area (Å²) in [4.78, 5) is 12.8. The van der Waals surface area contributed by atoms with Gasteiger partial charge in [0.15, 0.2) is 0 Å². The Morgan fingerprint density at radius 1 is 0.865 bits per heavy atom. The van der Waals surface area contributed by atoms with Crippen LogP contribution in [0.2, 0.25) is 0 Å². The fraction of sp³-hybridized carbons (Fsp3) is 0.531. The van der Waals surface area contributed by atoms with Gasteiger partial charge >= 0.3 is 5.97 Å². The van der Waals surface area contributed by atoms with E-state index in [0.29, 0.717) is 19.6 Å². The number of hydrogen-bond donors (Lipinski definition) is 2. The van der Waals surface area contributed by atoms with E-state index in [0.717, 1.165) is 44.3 Å². The average molecular weight is 507 g/mol. The number of nitrogens with two attached hydrogens (primary N) is 2. The third-order valence-electron chi connectivity index (χ3n) is 7.55. The van der Waals surface area contributed by atoms with E-state index >= 15 is 0 Å². The van der Waals surface area contributed by atoms with E-state index in [9.17, 15) is 4.79 Å². The zero-order valence-electron chi connectivity index (χ0n) is 23.4. The number of unbranched alkanes of at least 4 members (excludes halogenated alkanes) is 2. The molecule has 2 aromatic rings. The van der Waals surface area contributed by atoms with Crippen molar-refractivity contribution >= 4 is 17.6 Å². The first-order chi connectivity index (χ1) is 17.4. The SMILES string of the molecule is CC(C)(N)CC(C)(N)C(C)(C)C(=O)OCCCCCOc1cccc2c1C=C(c1ccccc1)CCC2. The Bertz CT molecular complexity index is 1070. The quantitative estimate of drug-likeness (QED) is 0.252. The van der Waals surface area contributed by atoms with E-state index in [-0.39, 0.29) is 5.97 Å². The molecule has 0 saturated carbocycles. The number of fused-ring (bicyclic) bond motifs is 1. The number of allylic oxidation sites excluding steroid dienone is 1. The Morgan fingerprint density at radius 2 is 1.57 bits per heavy atom. The zero-order chi connectivity index (χ0) is 27.1. The van der Waals surface area contributed by atoms with E-state index in [1.165, 1.54) is 22.3 Å². The van der Waals surface area contributed by atoms with Crippen molar-refractivity contribution in [1.29, 1.82) is 0 Å². The third-order valence-corrected chi connectivity index (χ3v) is 7.55. The maximum Gasteiger partial charge on any atom is 0.313 e. The third kappa shape index (κ3) is 7.93. The molecule has 0 spiro atoms. The zero-order valence-corrected chi connectivity index (χ0v) is 23.4. The highest BCUT2D eigenvalue weighted by Crippen LogP contribution is 2.36. The molecule has 202 valence electrons. The van der Waals surface area contributed by atoms with Crippen LogP contribution in [0.4, 0.5) is 0 Å². The van der Waals surface area contributed by atoms with Gasteiger partial charge in [-0.1, -0.05) is 42.5 Å². The van der Waals surface area contributed by atoms with E-state index < -0.39 is 16.5 Å². The van der Waals surface area contributed by atoms with Crippen LogP contribution in [-0.2, 0) is 16.0 Å². The van der Waals surface area contributed by atoms with E-state index in [2.05, 4.69) is 54.6 Å². The lowest BCUT2D eigenvalue weighted by Crippen LogP contribution is -2.59. The molecule has 1 unspecified atom stereocenters. The highest BCUT2D eigenvalue weighted by Gasteiger charge is 2.46. The largest absolute Gasteiger partial charge is 0.493 e. The molecule has 2 aromatic carbocycles. The van der Waals surface area contributed by atoms with E-state index in [4.69, 9.17) is 20.9 Å². The van der Waals surface area contributed by atoms with Crippen molar-refractivity contribution in [1.82, 2.24) is 0 Å². The summed E-state index contributed by atoms with van der Waals surface area (Å²) in [6.07, 6.45) is 8.71. The predicted molar refractivity (Wildman–Crippen MR) is 153 cm³/mol. The minimum Gasteiger partial charge on any atom is -0.493 e. The van der Waals surface area contributed by atoms with Crippen LogP contribution in [0.1, 0.15) is 89.8 Å². The number of carbonyl (C=O) groups is 1. The van der Waals surface area contributed by atoms with Crippen LogP contribution in [0, 0.1) is 5.41 Å². The molecule has 0 fully saturated rings. The van der Waals surface area contributed by atoms with Gasteiger partial charge in [0.2, 0.25) is 0 Å². The number of aryl methyl sites for hydroxylation is 1. The van der Waals surface area contributed by atoms with Crippen molar-refractivity contribution in [2.45, 2.75) is 90.6 Å². The number of rotatable bonds is 12. The maximum absolute atomic E-state index is 12.8. The Hall–Kier alpha value is -2.63. The van der Waals surface area contributed by atoms with Crippen LogP contribution >= 0.6 is 0 Å². The van der Waals surface area contributed by atoms with Crippen molar-refractivity contribution in [3.63, 3.8) is 0 Å². The van der Waals surface area contributed by atoms with Crippen LogP contribution in [0.25, 0.3) is 11.6 Å². The summed E-state index contributed by atoms with van der Waals surface area (Å²) in [5.74, 6) is 0.678. The van der Waals surface area contributed by atoms with Gasteiger partial charge in [-0.2, -0.15) is 0 Å². The molecule has 1 atom stereocenters. The molecule has 1 aliphatic rings. The van der Waals surface area contributed by atoms with Gasteiger partial charge in [-0.05, 0) is 108 Å². The monoisotopic (exact) mass is 506 g/mol. The first-order valence-corrected chi connectivity index (χ1v) is 13.7. The molecular formula is C32H46N2O3. The van der Waals surface area contributed by atoms with Crippen molar-refractivity contribution in [2.75, 3.05) is 13.2 Å². The summed E-state index contributed by atoms with van der Waals surface area (Å²) in [5.41, 5.74) is 15.8. The van der Waals surface area contributed by atoms with Crippen molar-refractivity contribution in [3.05, 3.63) is 65.2 Å². The summed E-state index contributed by atoms with van der Waals surface area (Å²) in [5, 5.41) is 0. The Morgan fingerprint density at radius 3 is 2.27 bits per heavy atom. The van der Waals surface area contributed by atoms with Gasteiger partial charge in [-0.3, -0.25) is 4.79 Å². The van der Waals surface area contributed by atoms with Crippen molar-refractivity contribution in [2.24, 2.45) is 16.9 Å². The molecule has 0 aromatic heterocycles. The minimum absolute atomic E-state index is 0.272. The summed E-state index contributed by atoms with van der Waals surface area (Å²) in [6.45, 7) is 10.4. The maximum atomic E-state index is 12.8. The lowest BCUT2D eigenvalue weighted by molar-refractivity contribution is -0.158. The summed E-state index contributed by atoms with van der Waals surface area (Å²) in [6, 6.07) is 17.0. The topological polar surface area (TPSA) is 87.6 Å². The van der Waals surface area contributed by atoms with Crippen molar-refractivity contribution in [3.8, 4) is 5.75 Å². The second-order valence-electron chi connectivity index (χ2n) is 12.0. The Balaban J connectivity index is 1.47. The summed E-state index contributed by atoms with van der Waals surface area (Å²) in [7, 11) is 0. The van der Waals surface area contributed by atoms with Gasteiger partial charge in [-0.25, -0.2) is 0 Å². The molecule has 0 aliphatic heterocycles. The van der Waals surface area contributed by atoms with E-state index in [1.807, 2.05) is 34.6 Å². The number of benzene rings is 2. The fourth-order valence-electron chi connectivity index (χ4n) is 5.00. The Labute approximate surface area is 223 Å². The van der Waals surface area contributed by atoms with Crippen LogP contribution in [-0.4, -0.2) is 30.3 Å². The number of carbonyl (C=O) groups excluding carboxylic acids is 1.